The number of rotatable bonds is 6. The summed E-state index contributed by atoms with van der Waals surface area (Å²) in [6.45, 7) is 0.559. The Morgan fingerprint density at radius 1 is 1.05 bits per heavy atom. The van der Waals surface area contributed by atoms with Crippen molar-refractivity contribution >= 4 is 40.3 Å². The summed E-state index contributed by atoms with van der Waals surface area (Å²) in [7, 11) is 1.64. The minimum atomic E-state index is -0.138. The molecule has 0 aliphatic carbocycles. The van der Waals surface area contributed by atoms with Crippen LogP contribution in [0.3, 0.4) is 0 Å². The third-order valence-electron chi connectivity index (χ3n) is 6.06. The Morgan fingerprint density at radius 3 is 2.62 bits per heavy atom. The van der Waals surface area contributed by atoms with Crippen LogP contribution in [0.5, 0.6) is 17.2 Å². The summed E-state index contributed by atoms with van der Waals surface area (Å²) >= 11 is 6.87. The molecule has 7 nitrogen and oxygen atoms in total. The minimum Gasteiger partial charge on any atom is -0.497 e. The Labute approximate surface area is 223 Å². The zero-order valence-electron chi connectivity index (χ0n) is 19.8. The molecule has 1 fully saturated rings. The summed E-state index contributed by atoms with van der Waals surface area (Å²) in [5.41, 5.74) is 4.33. The average molecular weight is 528 g/mol. The fourth-order valence-electron chi connectivity index (χ4n) is 4.18. The maximum Gasteiger partial charge on any atom is 0.266 e. The zero-order valence-corrected chi connectivity index (χ0v) is 21.4. The maximum atomic E-state index is 13.4. The number of ether oxygens (including phenoxy) is 3. The van der Waals surface area contributed by atoms with E-state index in [1.54, 1.807) is 12.0 Å². The van der Waals surface area contributed by atoms with E-state index in [4.69, 9.17) is 31.5 Å². The largest absolute Gasteiger partial charge is 0.497 e. The van der Waals surface area contributed by atoms with Gasteiger partial charge in [-0.3, -0.25) is 9.69 Å². The third-order valence-corrected chi connectivity index (χ3v) is 7.44. The number of amides is 1. The third kappa shape index (κ3) is 4.59. The zero-order chi connectivity index (χ0) is 25.4. The Hall–Kier alpha value is -4.08. The maximum absolute atomic E-state index is 13.4. The molecule has 2 aliphatic rings. The van der Waals surface area contributed by atoms with Crippen LogP contribution < -0.4 is 14.2 Å². The molecule has 6 rings (SSSR count). The summed E-state index contributed by atoms with van der Waals surface area (Å²) in [5.74, 6) is 2.00. The molecule has 0 N–H and O–H groups in total. The fraction of sp³-hybridized carbons (Fsp3) is 0.107. The summed E-state index contributed by atoms with van der Waals surface area (Å²) in [6, 6.07) is 23.2. The van der Waals surface area contributed by atoms with Crippen LogP contribution in [0.25, 0.3) is 23.0 Å². The van der Waals surface area contributed by atoms with E-state index >= 15 is 0 Å². The molecule has 4 aromatic rings. The highest BCUT2D eigenvalue weighted by Crippen LogP contribution is 2.37. The van der Waals surface area contributed by atoms with Crippen molar-refractivity contribution in [2.75, 3.05) is 13.9 Å². The summed E-state index contributed by atoms with van der Waals surface area (Å²) < 4.78 is 18.5. The van der Waals surface area contributed by atoms with E-state index in [1.807, 2.05) is 89.8 Å². The molecule has 1 amide bonds. The number of hydrogen-bond acceptors (Lipinski definition) is 7. The van der Waals surface area contributed by atoms with Crippen LogP contribution in [0.2, 0.25) is 0 Å². The van der Waals surface area contributed by atoms with Gasteiger partial charge in [0.25, 0.3) is 5.91 Å². The second kappa shape index (κ2) is 9.76. The van der Waals surface area contributed by atoms with Crippen LogP contribution in [-0.2, 0) is 11.3 Å². The molecule has 0 unspecified atom stereocenters. The van der Waals surface area contributed by atoms with Gasteiger partial charge in [-0.15, -0.1) is 0 Å². The first-order valence-electron chi connectivity index (χ1n) is 11.5. The average Bonchev–Trinajstić information content (AvgIpc) is 3.64. The molecular formula is C28H21N3O4S2. The van der Waals surface area contributed by atoms with Crippen LogP contribution in [0.15, 0.2) is 83.9 Å². The number of aromatic nitrogens is 2. The molecule has 184 valence electrons. The number of thiocarbonyl (C=S) groups is 1. The lowest BCUT2D eigenvalue weighted by Crippen LogP contribution is -2.27. The topological polar surface area (TPSA) is 65.8 Å². The van der Waals surface area contributed by atoms with Crippen LogP contribution in [-0.4, -0.2) is 38.8 Å². The van der Waals surface area contributed by atoms with Gasteiger partial charge in [-0.25, -0.2) is 4.68 Å². The molecule has 3 heterocycles. The molecular weight excluding hydrogens is 506 g/mol. The number of fused-ring (bicyclic) bond motifs is 1. The Morgan fingerprint density at radius 2 is 1.84 bits per heavy atom. The molecule has 1 aromatic heterocycles. The van der Waals surface area contributed by atoms with Crippen LogP contribution in [0.1, 0.15) is 11.1 Å². The van der Waals surface area contributed by atoms with Crippen molar-refractivity contribution in [3.63, 3.8) is 0 Å². The molecule has 0 radical (unpaired) electrons. The first kappa shape index (κ1) is 23.3. The van der Waals surface area contributed by atoms with Crippen LogP contribution in [0, 0.1) is 0 Å². The van der Waals surface area contributed by atoms with Gasteiger partial charge in [0.2, 0.25) is 6.79 Å². The normalized spacial score (nSPS) is 15.6. The number of methoxy groups -OCH3 is 1. The van der Waals surface area contributed by atoms with Gasteiger partial charge >= 0.3 is 0 Å². The van der Waals surface area contributed by atoms with Crippen LogP contribution in [0.4, 0.5) is 0 Å². The van der Waals surface area contributed by atoms with Gasteiger partial charge in [0.05, 0.1) is 29.9 Å². The Kier molecular flexibility index (Phi) is 6.15. The van der Waals surface area contributed by atoms with E-state index in [0.717, 1.165) is 33.8 Å². The van der Waals surface area contributed by atoms with E-state index < -0.39 is 0 Å². The first-order chi connectivity index (χ1) is 18.1. The van der Waals surface area contributed by atoms with Gasteiger partial charge in [-0.2, -0.15) is 5.10 Å². The minimum absolute atomic E-state index is 0.138. The molecule has 0 spiro atoms. The lowest BCUT2D eigenvalue weighted by molar-refractivity contribution is -0.122. The van der Waals surface area contributed by atoms with Gasteiger partial charge in [0, 0.05) is 17.3 Å². The lowest BCUT2D eigenvalue weighted by Gasteiger charge is -2.14. The summed E-state index contributed by atoms with van der Waals surface area (Å²) in [6.07, 6.45) is 3.80. The van der Waals surface area contributed by atoms with E-state index in [-0.39, 0.29) is 12.7 Å². The quantitative estimate of drug-likeness (QED) is 0.236. The molecule has 9 heteroatoms. The lowest BCUT2D eigenvalue weighted by atomic mass is 10.1. The molecule has 3 aromatic carbocycles. The molecule has 37 heavy (non-hydrogen) atoms. The van der Waals surface area contributed by atoms with Gasteiger partial charge < -0.3 is 14.2 Å². The molecule has 0 saturated carbocycles. The smallest absolute Gasteiger partial charge is 0.266 e. The Bertz CT molecular complexity index is 1530. The van der Waals surface area contributed by atoms with Crippen LogP contribution >= 0.6 is 24.0 Å². The van der Waals surface area contributed by atoms with E-state index in [2.05, 4.69) is 0 Å². The molecule has 1 saturated heterocycles. The highest BCUT2D eigenvalue weighted by Gasteiger charge is 2.33. The van der Waals surface area contributed by atoms with Gasteiger partial charge in [0.1, 0.15) is 10.1 Å². The molecule has 0 atom stereocenters. The van der Waals surface area contributed by atoms with Crippen molar-refractivity contribution in [1.29, 1.82) is 0 Å². The second-order valence-electron chi connectivity index (χ2n) is 8.40. The number of carbonyl (C=O) groups is 1. The van der Waals surface area contributed by atoms with Crippen molar-refractivity contribution < 1.29 is 19.0 Å². The highest BCUT2D eigenvalue weighted by molar-refractivity contribution is 8.26. The predicted molar refractivity (Wildman–Crippen MR) is 147 cm³/mol. The van der Waals surface area contributed by atoms with Gasteiger partial charge in [-0.1, -0.05) is 48.2 Å². The van der Waals surface area contributed by atoms with Crippen molar-refractivity contribution in [2.45, 2.75) is 6.54 Å². The number of para-hydroxylation sites is 1. The SMILES string of the molecule is COc1ccc(-c2nn(-c3ccccc3)cc2C=C2SC(=S)N(Cc3ccc4c(c3)OCO4)C2=O)cc1. The van der Waals surface area contributed by atoms with Crippen molar-refractivity contribution in [2.24, 2.45) is 0 Å². The standard InChI is InChI=1S/C28H21N3O4S2/c1-33-22-10-8-19(9-11-22)26-20(16-31(29-26)21-5-3-2-4-6-21)14-25-27(32)30(28(36)37-25)15-18-7-12-23-24(13-18)35-17-34-23/h2-14,16H,15,17H2,1H3. The molecule has 2 aliphatic heterocycles. The van der Waals surface area contributed by atoms with E-state index in [0.29, 0.717) is 27.3 Å². The van der Waals surface area contributed by atoms with Crippen molar-refractivity contribution in [3.05, 3.63) is 95.0 Å². The number of carbonyl (C=O) groups excluding carboxylic acids is 1. The first-order valence-corrected chi connectivity index (χ1v) is 12.7. The number of benzene rings is 3. The fourth-order valence-corrected chi connectivity index (χ4v) is 5.42. The van der Waals surface area contributed by atoms with Crippen molar-refractivity contribution in [3.8, 4) is 34.2 Å². The second-order valence-corrected chi connectivity index (χ2v) is 10.1. The summed E-state index contributed by atoms with van der Waals surface area (Å²) in [4.78, 5) is 15.6. The number of thioether (sulfide) groups is 1. The number of hydrogen-bond donors (Lipinski definition) is 0. The monoisotopic (exact) mass is 527 g/mol. The highest BCUT2D eigenvalue weighted by atomic mass is 32.2. The molecule has 0 bridgehead atoms. The summed E-state index contributed by atoms with van der Waals surface area (Å²) in [5, 5.41) is 4.85. The number of nitrogens with zero attached hydrogens (tertiary/aromatic N) is 3. The van der Waals surface area contributed by atoms with Gasteiger partial charge in [-0.05, 0) is 60.2 Å². The van der Waals surface area contributed by atoms with E-state index in [9.17, 15) is 4.79 Å². The predicted octanol–water partition coefficient (Wildman–Crippen LogP) is 5.68. The van der Waals surface area contributed by atoms with Crippen molar-refractivity contribution in [1.82, 2.24) is 14.7 Å². The Balaban J connectivity index is 1.33. The van der Waals surface area contributed by atoms with Gasteiger partial charge in [0.15, 0.2) is 11.5 Å². The van der Waals surface area contributed by atoms with E-state index in [1.165, 1.54) is 11.8 Å².